The van der Waals surface area contributed by atoms with Crippen molar-refractivity contribution in [1.82, 2.24) is 10.9 Å². The fourth-order valence-corrected chi connectivity index (χ4v) is 2.99. The van der Waals surface area contributed by atoms with Crippen LogP contribution < -0.4 is 25.2 Å². The molecule has 1 fully saturated rings. The number of ether oxygens (including phenoxy) is 2. The Labute approximate surface area is 172 Å². The highest BCUT2D eigenvalue weighted by Gasteiger charge is 2.35. The molecule has 9 heteroatoms. The molecule has 3 rings (SSSR count). The largest absolute Gasteiger partial charge is 0.497 e. The van der Waals surface area contributed by atoms with Crippen molar-refractivity contribution in [3.05, 3.63) is 54.3 Å². The average molecular weight is 415 g/mol. The van der Waals surface area contributed by atoms with Gasteiger partial charge in [-0.05, 0) is 55.5 Å². The molecule has 30 heavy (non-hydrogen) atoms. The van der Waals surface area contributed by atoms with E-state index >= 15 is 0 Å². The molecule has 1 aliphatic rings. The Morgan fingerprint density at radius 3 is 2.33 bits per heavy atom. The molecule has 0 spiro atoms. The standard InChI is InChI=1S/C21H22FN3O5/c1-13(30-18-7-3-15(22)4-8-18)20(27)23-24-21(28)14-11-19(26)25(12-14)16-5-9-17(29-2)10-6-16/h3-10,13-14H,11-12H2,1-2H3,(H,23,27)(H,24,28). The number of methoxy groups -OCH3 is 1. The Hall–Kier alpha value is -3.62. The molecule has 2 aromatic rings. The van der Waals surface area contributed by atoms with Crippen molar-refractivity contribution in [2.24, 2.45) is 5.92 Å². The van der Waals surface area contributed by atoms with Crippen LogP contribution in [0.15, 0.2) is 48.5 Å². The van der Waals surface area contributed by atoms with Crippen molar-refractivity contribution < 1.29 is 28.2 Å². The number of carbonyl (C=O) groups is 3. The zero-order chi connectivity index (χ0) is 21.7. The SMILES string of the molecule is COc1ccc(N2CC(C(=O)NNC(=O)C(C)Oc3ccc(F)cc3)CC2=O)cc1. The third kappa shape index (κ3) is 5.05. The molecule has 0 radical (unpaired) electrons. The Morgan fingerprint density at radius 1 is 1.07 bits per heavy atom. The van der Waals surface area contributed by atoms with Gasteiger partial charge < -0.3 is 14.4 Å². The molecule has 0 saturated carbocycles. The first-order valence-corrected chi connectivity index (χ1v) is 9.33. The fourth-order valence-electron chi connectivity index (χ4n) is 2.99. The Bertz CT molecular complexity index is 917. The maximum atomic E-state index is 12.9. The molecule has 0 aromatic heterocycles. The van der Waals surface area contributed by atoms with Crippen LogP contribution in [-0.2, 0) is 14.4 Å². The lowest BCUT2D eigenvalue weighted by atomic mass is 10.1. The smallest absolute Gasteiger partial charge is 0.279 e. The van der Waals surface area contributed by atoms with E-state index in [4.69, 9.17) is 9.47 Å². The van der Waals surface area contributed by atoms with E-state index in [9.17, 15) is 18.8 Å². The second-order valence-electron chi connectivity index (χ2n) is 6.80. The summed E-state index contributed by atoms with van der Waals surface area (Å²) < 4.78 is 23.4. The fraction of sp³-hybridized carbons (Fsp3) is 0.286. The highest BCUT2D eigenvalue weighted by Crippen LogP contribution is 2.26. The minimum Gasteiger partial charge on any atom is -0.497 e. The minimum atomic E-state index is -0.920. The van der Waals surface area contributed by atoms with Crippen LogP contribution in [0, 0.1) is 11.7 Å². The molecule has 2 unspecified atom stereocenters. The van der Waals surface area contributed by atoms with Crippen LogP contribution in [-0.4, -0.2) is 37.5 Å². The van der Waals surface area contributed by atoms with Crippen molar-refractivity contribution in [2.75, 3.05) is 18.6 Å². The van der Waals surface area contributed by atoms with Crippen LogP contribution in [0.4, 0.5) is 10.1 Å². The number of nitrogens with zero attached hydrogens (tertiary/aromatic N) is 1. The van der Waals surface area contributed by atoms with Gasteiger partial charge in [0.05, 0.1) is 13.0 Å². The van der Waals surface area contributed by atoms with E-state index in [-0.39, 0.29) is 18.9 Å². The van der Waals surface area contributed by atoms with Gasteiger partial charge in [-0.3, -0.25) is 25.2 Å². The molecule has 1 heterocycles. The number of benzene rings is 2. The minimum absolute atomic E-state index is 0.0371. The van der Waals surface area contributed by atoms with Crippen LogP contribution in [0.3, 0.4) is 0 Å². The van der Waals surface area contributed by atoms with Gasteiger partial charge in [0, 0.05) is 18.7 Å². The van der Waals surface area contributed by atoms with E-state index in [1.165, 1.54) is 36.1 Å². The van der Waals surface area contributed by atoms with E-state index in [1.807, 2.05) is 0 Å². The monoisotopic (exact) mass is 415 g/mol. The van der Waals surface area contributed by atoms with Gasteiger partial charge in [-0.2, -0.15) is 0 Å². The van der Waals surface area contributed by atoms with Crippen LogP contribution >= 0.6 is 0 Å². The second-order valence-corrected chi connectivity index (χ2v) is 6.80. The van der Waals surface area contributed by atoms with Crippen LogP contribution in [0.2, 0.25) is 0 Å². The van der Waals surface area contributed by atoms with Crippen molar-refractivity contribution in [1.29, 1.82) is 0 Å². The van der Waals surface area contributed by atoms with Gasteiger partial charge in [0.1, 0.15) is 17.3 Å². The lowest BCUT2D eigenvalue weighted by Gasteiger charge is -2.18. The normalized spacial score (nSPS) is 16.7. The van der Waals surface area contributed by atoms with Crippen LogP contribution in [0.25, 0.3) is 0 Å². The van der Waals surface area contributed by atoms with E-state index in [1.54, 1.807) is 31.4 Å². The highest BCUT2D eigenvalue weighted by atomic mass is 19.1. The number of rotatable bonds is 6. The summed E-state index contributed by atoms with van der Waals surface area (Å²) in [6.45, 7) is 1.70. The molecule has 1 saturated heterocycles. The molecule has 8 nitrogen and oxygen atoms in total. The van der Waals surface area contributed by atoms with Crippen LogP contribution in [0.5, 0.6) is 11.5 Å². The summed E-state index contributed by atoms with van der Waals surface area (Å²) in [7, 11) is 1.55. The number of anilines is 1. The van der Waals surface area contributed by atoms with Crippen molar-refractivity contribution >= 4 is 23.4 Å². The summed E-state index contributed by atoms with van der Waals surface area (Å²) in [4.78, 5) is 38.3. The average Bonchev–Trinajstić information content (AvgIpc) is 3.15. The molecule has 2 aromatic carbocycles. The topological polar surface area (TPSA) is 97.0 Å². The molecular formula is C21H22FN3O5. The maximum absolute atomic E-state index is 12.9. The van der Waals surface area contributed by atoms with Crippen LogP contribution in [0.1, 0.15) is 13.3 Å². The summed E-state index contributed by atoms with van der Waals surface area (Å²) >= 11 is 0. The predicted octanol–water partition coefficient (Wildman–Crippen LogP) is 1.80. The van der Waals surface area contributed by atoms with Gasteiger partial charge in [-0.15, -0.1) is 0 Å². The van der Waals surface area contributed by atoms with E-state index in [2.05, 4.69) is 10.9 Å². The molecule has 2 N–H and O–H groups in total. The number of amides is 3. The molecule has 158 valence electrons. The van der Waals surface area contributed by atoms with E-state index in [0.717, 1.165) is 0 Å². The lowest BCUT2D eigenvalue weighted by molar-refractivity contribution is -0.134. The third-order valence-electron chi connectivity index (χ3n) is 4.68. The quantitative estimate of drug-likeness (QED) is 0.702. The van der Waals surface area contributed by atoms with Gasteiger partial charge in [-0.1, -0.05) is 0 Å². The number of hydrogen-bond acceptors (Lipinski definition) is 5. The summed E-state index contributed by atoms with van der Waals surface area (Å²) in [5.41, 5.74) is 5.29. The summed E-state index contributed by atoms with van der Waals surface area (Å²) in [6.07, 6.45) is -0.883. The van der Waals surface area contributed by atoms with E-state index < -0.39 is 29.7 Å². The first kappa shape index (κ1) is 21.1. The molecular weight excluding hydrogens is 393 g/mol. The molecule has 0 bridgehead atoms. The van der Waals surface area contributed by atoms with Gasteiger partial charge in [0.15, 0.2) is 6.10 Å². The molecule has 2 atom stereocenters. The summed E-state index contributed by atoms with van der Waals surface area (Å²) in [5.74, 6) is -1.26. The first-order valence-electron chi connectivity index (χ1n) is 9.33. The zero-order valence-corrected chi connectivity index (χ0v) is 16.6. The third-order valence-corrected chi connectivity index (χ3v) is 4.68. The van der Waals surface area contributed by atoms with Crippen molar-refractivity contribution in [3.8, 4) is 11.5 Å². The molecule has 1 aliphatic heterocycles. The number of carbonyl (C=O) groups excluding carboxylic acids is 3. The number of hydrogen-bond donors (Lipinski definition) is 2. The van der Waals surface area contributed by atoms with Gasteiger partial charge >= 0.3 is 0 Å². The maximum Gasteiger partial charge on any atom is 0.279 e. The molecule has 3 amide bonds. The highest BCUT2D eigenvalue weighted by molar-refractivity contribution is 6.00. The lowest BCUT2D eigenvalue weighted by Crippen LogP contribution is -2.49. The van der Waals surface area contributed by atoms with E-state index in [0.29, 0.717) is 17.2 Å². The number of hydrazine groups is 1. The van der Waals surface area contributed by atoms with Crippen molar-refractivity contribution in [3.63, 3.8) is 0 Å². The summed E-state index contributed by atoms with van der Waals surface area (Å²) in [6, 6.07) is 12.2. The Morgan fingerprint density at radius 2 is 1.70 bits per heavy atom. The Balaban J connectivity index is 1.50. The second kappa shape index (κ2) is 9.25. The van der Waals surface area contributed by atoms with Crippen molar-refractivity contribution in [2.45, 2.75) is 19.4 Å². The van der Waals surface area contributed by atoms with Gasteiger partial charge in [0.2, 0.25) is 11.8 Å². The predicted molar refractivity (Wildman–Crippen MR) is 106 cm³/mol. The molecule has 0 aliphatic carbocycles. The number of nitrogens with one attached hydrogen (secondary N) is 2. The van der Waals surface area contributed by atoms with Gasteiger partial charge in [-0.25, -0.2) is 4.39 Å². The number of halogens is 1. The van der Waals surface area contributed by atoms with Gasteiger partial charge in [0.25, 0.3) is 5.91 Å². The zero-order valence-electron chi connectivity index (χ0n) is 16.6. The Kier molecular flexibility index (Phi) is 6.51. The first-order chi connectivity index (χ1) is 14.4. The summed E-state index contributed by atoms with van der Waals surface area (Å²) in [5, 5.41) is 0.